The van der Waals surface area contributed by atoms with Crippen LogP contribution >= 0.6 is 0 Å². The molecule has 1 rings (SSSR count). The fourth-order valence-corrected chi connectivity index (χ4v) is 3.22. The van der Waals surface area contributed by atoms with Gasteiger partial charge in [-0.2, -0.15) is 0 Å². The number of ketones is 1. The van der Waals surface area contributed by atoms with Crippen molar-refractivity contribution in [2.45, 2.75) is 45.8 Å². The third-order valence-corrected chi connectivity index (χ3v) is 4.95. The molecule has 0 saturated carbocycles. The summed E-state index contributed by atoms with van der Waals surface area (Å²) in [6.45, 7) is 8.06. The van der Waals surface area contributed by atoms with Gasteiger partial charge < -0.3 is 0 Å². The molecule has 106 valence electrons. The van der Waals surface area contributed by atoms with Crippen molar-refractivity contribution in [3.8, 4) is 0 Å². The van der Waals surface area contributed by atoms with Gasteiger partial charge in [-0.1, -0.05) is 45.0 Å². The van der Waals surface area contributed by atoms with Crippen molar-refractivity contribution in [3.63, 3.8) is 0 Å². The van der Waals surface area contributed by atoms with Crippen LogP contribution in [0.5, 0.6) is 0 Å². The maximum atomic E-state index is 12.2. The van der Waals surface area contributed by atoms with Crippen LogP contribution in [0, 0.1) is 5.92 Å². The Labute approximate surface area is 119 Å². The molecule has 0 aliphatic heterocycles. The quantitative estimate of drug-likeness (QED) is 0.715. The minimum absolute atomic E-state index is 0.00950. The van der Waals surface area contributed by atoms with E-state index in [1.807, 2.05) is 24.3 Å². The molecule has 0 saturated heterocycles. The van der Waals surface area contributed by atoms with Crippen LogP contribution in [-0.2, 0) is 17.2 Å². The number of hydrogen-bond acceptors (Lipinski definition) is 2. The molecule has 0 fully saturated rings. The minimum atomic E-state index is -1.07. The maximum Gasteiger partial charge on any atom is 0.178 e. The lowest BCUT2D eigenvalue weighted by Crippen LogP contribution is -2.25. The van der Waals surface area contributed by atoms with E-state index in [4.69, 9.17) is 0 Å². The molecule has 0 aliphatic carbocycles. The van der Waals surface area contributed by atoms with Crippen molar-refractivity contribution in [2.75, 3.05) is 5.75 Å². The van der Waals surface area contributed by atoms with E-state index >= 15 is 0 Å². The van der Waals surface area contributed by atoms with E-state index in [0.29, 0.717) is 17.2 Å². The molecule has 3 heteroatoms. The van der Waals surface area contributed by atoms with E-state index in [1.54, 1.807) is 6.92 Å². The van der Waals surface area contributed by atoms with E-state index < -0.39 is 16.0 Å². The van der Waals surface area contributed by atoms with E-state index in [2.05, 4.69) is 20.8 Å². The van der Waals surface area contributed by atoms with Crippen LogP contribution in [0.15, 0.2) is 24.3 Å². The Balaban J connectivity index is 2.67. The Morgan fingerprint density at radius 1 is 1.16 bits per heavy atom. The summed E-state index contributed by atoms with van der Waals surface area (Å²) < 4.78 is 12.1. The third kappa shape index (κ3) is 4.90. The second kappa shape index (κ2) is 7.59. The van der Waals surface area contributed by atoms with Gasteiger partial charge in [0.25, 0.3) is 0 Å². The molecule has 0 amide bonds. The Bertz CT molecular complexity index is 435. The monoisotopic (exact) mass is 280 g/mol. The number of rotatable bonds is 7. The summed E-state index contributed by atoms with van der Waals surface area (Å²) in [7, 11) is -1.07. The smallest absolute Gasteiger partial charge is 0.178 e. The van der Waals surface area contributed by atoms with Gasteiger partial charge in [-0.05, 0) is 31.2 Å². The largest absolute Gasteiger partial charge is 0.293 e. The second-order valence-corrected chi connectivity index (χ2v) is 7.20. The topological polar surface area (TPSA) is 34.1 Å². The number of aryl methyl sites for hydroxylation is 1. The first kappa shape index (κ1) is 16.1. The second-order valence-electron chi connectivity index (χ2n) is 5.32. The van der Waals surface area contributed by atoms with Crippen LogP contribution in [0.4, 0.5) is 0 Å². The van der Waals surface area contributed by atoms with Crippen molar-refractivity contribution in [3.05, 3.63) is 35.4 Å². The molecule has 0 radical (unpaired) electrons. The van der Waals surface area contributed by atoms with Gasteiger partial charge >= 0.3 is 0 Å². The van der Waals surface area contributed by atoms with Crippen molar-refractivity contribution in [1.29, 1.82) is 0 Å². The van der Waals surface area contributed by atoms with Crippen molar-refractivity contribution in [1.82, 2.24) is 0 Å². The minimum Gasteiger partial charge on any atom is -0.293 e. The molecule has 0 bridgehead atoms. The van der Waals surface area contributed by atoms with Gasteiger partial charge in [0.1, 0.15) is 0 Å². The first-order chi connectivity index (χ1) is 8.95. The lowest BCUT2D eigenvalue weighted by atomic mass is 10.1. The molecule has 2 unspecified atom stereocenters. The fourth-order valence-electron chi connectivity index (χ4n) is 1.79. The zero-order valence-corrected chi connectivity index (χ0v) is 13.1. The molecule has 0 spiro atoms. The molecule has 0 heterocycles. The molecule has 2 atom stereocenters. The summed E-state index contributed by atoms with van der Waals surface area (Å²) in [5, 5.41) is -0.411. The predicted molar refractivity (Wildman–Crippen MR) is 82.1 cm³/mol. The van der Waals surface area contributed by atoms with Crippen molar-refractivity contribution in [2.24, 2.45) is 5.92 Å². The fraction of sp³-hybridized carbons (Fsp3) is 0.562. The Kier molecular flexibility index (Phi) is 6.43. The standard InChI is InChI=1S/C16H24O2S/c1-5-14-6-8-15(9-7-14)16(17)13(4)19(18)11-10-12(2)3/h6-9,12-13H,5,10-11H2,1-4H3. The summed E-state index contributed by atoms with van der Waals surface area (Å²) in [6.07, 6.45) is 1.86. The van der Waals surface area contributed by atoms with Crippen LogP contribution < -0.4 is 0 Å². The molecule has 19 heavy (non-hydrogen) atoms. The van der Waals surface area contributed by atoms with Gasteiger partial charge in [-0.25, -0.2) is 0 Å². The van der Waals surface area contributed by atoms with Gasteiger partial charge in [0, 0.05) is 22.1 Å². The van der Waals surface area contributed by atoms with Crippen LogP contribution in [0.1, 0.15) is 50.0 Å². The molecular weight excluding hydrogens is 256 g/mol. The Morgan fingerprint density at radius 3 is 2.21 bits per heavy atom. The summed E-state index contributed by atoms with van der Waals surface area (Å²) >= 11 is 0. The summed E-state index contributed by atoms with van der Waals surface area (Å²) in [6, 6.07) is 7.63. The molecule has 0 N–H and O–H groups in total. The zero-order valence-electron chi connectivity index (χ0n) is 12.3. The number of carbonyl (C=O) groups is 1. The SMILES string of the molecule is CCc1ccc(C(=O)C(C)S(=O)CCC(C)C)cc1. The summed E-state index contributed by atoms with van der Waals surface area (Å²) in [5.41, 5.74) is 1.88. The van der Waals surface area contributed by atoms with Gasteiger partial charge in [-0.15, -0.1) is 0 Å². The number of Topliss-reactive ketones (excluding diaryl/α,β-unsaturated/α-hetero) is 1. The molecular formula is C16H24O2S. The van der Waals surface area contributed by atoms with E-state index in [-0.39, 0.29) is 5.78 Å². The van der Waals surface area contributed by atoms with Crippen LogP contribution in [0.3, 0.4) is 0 Å². The normalized spacial score (nSPS) is 14.4. The maximum absolute atomic E-state index is 12.2. The lowest BCUT2D eigenvalue weighted by Gasteiger charge is -2.12. The van der Waals surface area contributed by atoms with Crippen molar-refractivity contribution < 1.29 is 9.00 Å². The highest BCUT2D eigenvalue weighted by atomic mass is 32.2. The molecule has 1 aromatic rings. The highest BCUT2D eigenvalue weighted by Gasteiger charge is 2.21. The zero-order chi connectivity index (χ0) is 14.4. The molecule has 0 aromatic heterocycles. The average molecular weight is 280 g/mol. The Morgan fingerprint density at radius 2 is 1.74 bits per heavy atom. The number of carbonyl (C=O) groups excluding carboxylic acids is 1. The average Bonchev–Trinajstić information content (AvgIpc) is 2.43. The van der Waals surface area contributed by atoms with Gasteiger partial charge in [0.15, 0.2) is 5.78 Å². The molecule has 1 aromatic carbocycles. The highest BCUT2D eigenvalue weighted by molar-refractivity contribution is 7.86. The van der Waals surface area contributed by atoms with Gasteiger partial charge in [-0.3, -0.25) is 9.00 Å². The summed E-state index contributed by atoms with van der Waals surface area (Å²) in [4.78, 5) is 12.2. The lowest BCUT2D eigenvalue weighted by molar-refractivity contribution is 0.0992. The van der Waals surface area contributed by atoms with Crippen LogP contribution in [0.25, 0.3) is 0 Å². The van der Waals surface area contributed by atoms with Gasteiger partial charge in [0.05, 0.1) is 5.25 Å². The number of hydrogen-bond donors (Lipinski definition) is 0. The van der Waals surface area contributed by atoms with E-state index in [9.17, 15) is 9.00 Å². The molecule has 2 nitrogen and oxygen atoms in total. The third-order valence-electron chi connectivity index (χ3n) is 3.31. The van der Waals surface area contributed by atoms with E-state index in [0.717, 1.165) is 12.8 Å². The summed E-state index contributed by atoms with van der Waals surface area (Å²) in [5.74, 6) is 1.12. The number of benzene rings is 1. The molecule has 0 aliphatic rings. The highest BCUT2D eigenvalue weighted by Crippen LogP contribution is 2.12. The first-order valence-electron chi connectivity index (χ1n) is 6.96. The Hall–Kier alpha value is -0.960. The first-order valence-corrected chi connectivity index (χ1v) is 8.34. The van der Waals surface area contributed by atoms with Crippen LogP contribution in [0.2, 0.25) is 0 Å². The predicted octanol–water partition coefficient (Wildman–Crippen LogP) is 3.62. The van der Waals surface area contributed by atoms with E-state index in [1.165, 1.54) is 5.56 Å². The van der Waals surface area contributed by atoms with Gasteiger partial charge in [0.2, 0.25) is 0 Å². The van der Waals surface area contributed by atoms with Crippen LogP contribution in [-0.4, -0.2) is 21.0 Å². The van der Waals surface area contributed by atoms with Crippen molar-refractivity contribution >= 4 is 16.6 Å².